The summed E-state index contributed by atoms with van der Waals surface area (Å²) < 4.78 is 1.97. The Morgan fingerprint density at radius 3 is 2.41 bits per heavy atom. The van der Waals surface area contributed by atoms with Crippen molar-refractivity contribution in [2.24, 2.45) is 0 Å². The first kappa shape index (κ1) is 22.0. The monoisotopic (exact) mass is 463 g/mol. The number of carbonyl (C=O) groups excluding carboxylic acids is 1. The predicted octanol–water partition coefficient (Wildman–Crippen LogP) is 5.09. The Morgan fingerprint density at radius 1 is 1.03 bits per heavy atom. The molecule has 0 saturated heterocycles. The average molecular weight is 464 g/mol. The molecule has 2 aromatic carbocycles. The summed E-state index contributed by atoms with van der Waals surface area (Å²) in [7, 11) is 0. The number of halogens is 1. The van der Waals surface area contributed by atoms with Gasteiger partial charge in [-0.25, -0.2) is 0 Å². The molecule has 0 aliphatic heterocycles. The van der Waals surface area contributed by atoms with Gasteiger partial charge in [0.05, 0.1) is 5.25 Å². The van der Waals surface area contributed by atoms with Gasteiger partial charge in [-0.15, -0.1) is 10.2 Å². The maximum Gasteiger partial charge on any atom is 0.233 e. The third-order valence-electron chi connectivity index (χ3n) is 4.90. The highest BCUT2D eigenvalue weighted by atomic mass is 35.5. The highest BCUT2D eigenvalue weighted by molar-refractivity contribution is 8.00. The molecule has 1 amide bonds. The number of nitrogens with one attached hydrogen (secondary N) is 1. The van der Waals surface area contributed by atoms with Gasteiger partial charge in [-0.2, -0.15) is 0 Å². The van der Waals surface area contributed by atoms with Crippen molar-refractivity contribution in [3.63, 3.8) is 0 Å². The summed E-state index contributed by atoms with van der Waals surface area (Å²) in [5.41, 5.74) is 3.99. The van der Waals surface area contributed by atoms with Crippen LogP contribution >= 0.6 is 23.4 Å². The summed E-state index contributed by atoms with van der Waals surface area (Å²) in [6.07, 6.45) is 3.45. The van der Waals surface area contributed by atoms with E-state index in [1.165, 1.54) is 11.8 Å². The van der Waals surface area contributed by atoms with Crippen molar-refractivity contribution >= 4 is 29.3 Å². The second kappa shape index (κ2) is 9.97. The zero-order valence-electron chi connectivity index (χ0n) is 17.7. The van der Waals surface area contributed by atoms with Crippen LogP contribution in [0.15, 0.2) is 78.2 Å². The van der Waals surface area contributed by atoms with Crippen molar-refractivity contribution < 1.29 is 4.79 Å². The highest BCUT2D eigenvalue weighted by Gasteiger charge is 2.21. The summed E-state index contributed by atoms with van der Waals surface area (Å²) in [4.78, 5) is 16.8. The molecular formula is C24H22ClN5OS. The number of aromatic nitrogens is 4. The van der Waals surface area contributed by atoms with Gasteiger partial charge in [-0.05, 0) is 55.8 Å². The van der Waals surface area contributed by atoms with Crippen LogP contribution in [0.25, 0.3) is 17.1 Å². The minimum Gasteiger partial charge on any atom is -0.351 e. The number of benzene rings is 2. The highest BCUT2D eigenvalue weighted by Crippen LogP contribution is 2.30. The molecule has 162 valence electrons. The Labute approximate surface area is 196 Å². The largest absolute Gasteiger partial charge is 0.351 e. The summed E-state index contributed by atoms with van der Waals surface area (Å²) in [5, 5.41) is 12.8. The number of amides is 1. The summed E-state index contributed by atoms with van der Waals surface area (Å²) in [6.45, 7) is 4.35. The van der Waals surface area contributed by atoms with E-state index >= 15 is 0 Å². The molecule has 8 heteroatoms. The normalized spacial score (nSPS) is 11.8. The first-order valence-electron chi connectivity index (χ1n) is 10.1. The molecule has 2 heterocycles. The quantitative estimate of drug-likeness (QED) is 0.386. The van der Waals surface area contributed by atoms with Crippen LogP contribution in [0.5, 0.6) is 0 Å². The predicted molar refractivity (Wildman–Crippen MR) is 128 cm³/mol. The van der Waals surface area contributed by atoms with Crippen LogP contribution in [0, 0.1) is 6.92 Å². The molecule has 4 aromatic rings. The van der Waals surface area contributed by atoms with Crippen LogP contribution < -0.4 is 5.32 Å². The lowest BCUT2D eigenvalue weighted by molar-refractivity contribution is -0.120. The molecule has 0 aliphatic carbocycles. The fourth-order valence-electron chi connectivity index (χ4n) is 3.11. The first-order valence-corrected chi connectivity index (χ1v) is 11.4. The third kappa shape index (κ3) is 5.18. The number of nitrogens with zero attached hydrogens (tertiary/aromatic N) is 4. The molecule has 4 rings (SSSR count). The van der Waals surface area contributed by atoms with Crippen LogP contribution in [-0.2, 0) is 11.3 Å². The van der Waals surface area contributed by atoms with Gasteiger partial charge in [0.25, 0.3) is 0 Å². The van der Waals surface area contributed by atoms with Gasteiger partial charge in [0.1, 0.15) is 0 Å². The van der Waals surface area contributed by atoms with Crippen LogP contribution in [-0.4, -0.2) is 30.9 Å². The number of hydrogen-bond donors (Lipinski definition) is 1. The van der Waals surface area contributed by atoms with Gasteiger partial charge in [0, 0.05) is 35.2 Å². The van der Waals surface area contributed by atoms with Crippen molar-refractivity contribution in [1.82, 2.24) is 25.1 Å². The molecule has 0 bridgehead atoms. The number of thioether (sulfide) groups is 1. The smallest absolute Gasteiger partial charge is 0.233 e. The molecule has 0 aliphatic rings. The summed E-state index contributed by atoms with van der Waals surface area (Å²) in [5.74, 6) is 0.626. The third-order valence-corrected chi connectivity index (χ3v) is 6.19. The van der Waals surface area contributed by atoms with Gasteiger partial charge in [-0.3, -0.25) is 14.3 Å². The van der Waals surface area contributed by atoms with Crippen molar-refractivity contribution in [3.8, 4) is 17.1 Å². The van der Waals surface area contributed by atoms with Crippen LogP contribution in [0.3, 0.4) is 0 Å². The molecular weight excluding hydrogens is 442 g/mol. The summed E-state index contributed by atoms with van der Waals surface area (Å²) in [6, 6.07) is 19.3. The summed E-state index contributed by atoms with van der Waals surface area (Å²) >= 11 is 7.30. The van der Waals surface area contributed by atoms with E-state index in [0.29, 0.717) is 22.5 Å². The van der Waals surface area contributed by atoms with Gasteiger partial charge < -0.3 is 5.32 Å². The molecule has 0 fully saturated rings. The van der Waals surface area contributed by atoms with Crippen molar-refractivity contribution in [3.05, 3.63) is 89.2 Å². The molecule has 1 atom stereocenters. The fraction of sp³-hybridized carbons (Fsp3) is 0.167. The van der Waals surface area contributed by atoms with Gasteiger partial charge in [-0.1, -0.05) is 53.2 Å². The Morgan fingerprint density at radius 2 is 1.72 bits per heavy atom. The molecule has 0 radical (unpaired) electrons. The second-order valence-electron chi connectivity index (χ2n) is 7.32. The minimum absolute atomic E-state index is 0.0751. The minimum atomic E-state index is -0.360. The number of carbonyl (C=O) groups is 1. The number of aryl methyl sites for hydroxylation is 1. The Hall–Kier alpha value is -3.16. The Balaban J connectivity index is 1.56. The lowest BCUT2D eigenvalue weighted by Gasteiger charge is -2.14. The van der Waals surface area contributed by atoms with E-state index in [1.54, 1.807) is 12.4 Å². The van der Waals surface area contributed by atoms with Crippen LogP contribution in [0.2, 0.25) is 5.02 Å². The lowest BCUT2D eigenvalue weighted by Crippen LogP contribution is -2.30. The van der Waals surface area contributed by atoms with E-state index in [1.807, 2.05) is 79.1 Å². The molecule has 2 aromatic heterocycles. The zero-order chi connectivity index (χ0) is 22.5. The van der Waals surface area contributed by atoms with E-state index in [9.17, 15) is 4.79 Å². The number of pyridine rings is 1. The van der Waals surface area contributed by atoms with Crippen LogP contribution in [0.4, 0.5) is 0 Å². The van der Waals surface area contributed by atoms with E-state index in [2.05, 4.69) is 20.5 Å². The first-order chi connectivity index (χ1) is 15.5. The Bertz CT molecular complexity index is 1190. The van der Waals surface area contributed by atoms with Crippen LogP contribution in [0.1, 0.15) is 18.1 Å². The van der Waals surface area contributed by atoms with E-state index in [-0.39, 0.29) is 11.2 Å². The number of rotatable bonds is 7. The molecule has 6 nitrogen and oxygen atoms in total. The van der Waals surface area contributed by atoms with Gasteiger partial charge in [0.2, 0.25) is 5.91 Å². The van der Waals surface area contributed by atoms with E-state index in [0.717, 1.165) is 22.4 Å². The maximum atomic E-state index is 12.7. The topological polar surface area (TPSA) is 72.7 Å². The standard InChI is InChI=1S/C24H22ClN5OS/c1-16-3-9-21(10-4-16)30-22(19-11-13-26-14-12-19)28-29-24(30)32-17(2)23(31)27-15-18-5-7-20(25)8-6-18/h3-14,17H,15H2,1-2H3,(H,27,31). The lowest BCUT2D eigenvalue weighted by atomic mass is 10.2. The molecule has 1 N–H and O–H groups in total. The van der Waals surface area contributed by atoms with E-state index in [4.69, 9.17) is 11.6 Å². The molecule has 1 unspecified atom stereocenters. The average Bonchev–Trinajstić information content (AvgIpc) is 3.23. The van der Waals surface area contributed by atoms with Crippen molar-refractivity contribution in [2.75, 3.05) is 0 Å². The second-order valence-corrected chi connectivity index (χ2v) is 9.06. The zero-order valence-corrected chi connectivity index (χ0v) is 19.3. The Kier molecular flexibility index (Phi) is 6.87. The number of hydrogen-bond acceptors (Lipinski definition) is 5. The maximum absolute atomic E-state index is 12.7. The van der Waals surface area contributed by atoms with Gasteiger partial charge >= 0.3 is 0 Å². The van der Waals surface area contributed by atoms with E-state index < -0.39 is 0 Å². The van der Waals surface area contributed by atoms with Crippen molar-refractivity contribution in [1.29, 1.82) is 0 Å². The fourth-order valence-corrected chi connectivity index (χ4v) is 4.13. The van der Waals surface area contributed by atoms with Crippen molar-refractivity contribution in [2.45, 2.75) is 30.8 Å². The SMILES string of the molecule is Cc1ccc(-n2c(SC(C)C(=O)NCc3ccc(Cl)cc3)nnc2-c2ccncc2)cc1. The molecule has 0 saturated carbocycles. The molecule has 32 heavy (non-hydrogen) atoms. The van der Waals surface area contributed by atoms with Gasteiger partial charge in [0.15, 0.2) is 11.0 Å². The molecule has 0 spiro atoms.